The molecule has 0 spiro atoms. The molecule has 28 heavy (non-hydrogen) atoms. The SMILES string of the molecule is C[C@@H](Cn1cnc2c(=S)[nH]c(N)nc21)OCP(=O)(O)OP(=O)(O)OP(=O)(O)O. The average Bonchev–Trinajstić information content (AvgIpc) is 2.84. The van der Waals surface area contributed by atoms with E-state index >= 15 is 0 Å². The number of phosphoric acid groups is 2. The highest BCUT2D eigenvalue weighted by atomic mass is 32.1. The van der Waals surface area contributed by atoms with E-state index in [0.29, 0.717) is 11.2 Å². The van der Waals surface area contributed by atoms with Gasteiger partial charge in [0.05, 0.1) is 19.0 Å². The molecule has 7 N–H and O–H groups in total. The van der Waals surface area contributed by atoms with Crippen LogP contribution in [0.2, 0.25) is 0 Å². The molecule has 2 aromatic rings. The van der Waals surface area contributed by atoms with E-state index in [1.54, 1.807) is 0 Å². The first-order valence-electron chi connectivity index (χ1n) is 7.12. The summed E-state index contributed by atoms with van der Waals surface area (Å²) in [5.41, 5.74) is 6.31. The van der Waals surface area contributed by atoms with E-state index in [1.807, 2.05) is 0 Å². The van der Waals surface area contributed by atoms with Gasteiger partial charge >= 0.3 is 23.2 Å². The zero-order valence-corrected chi connectivity index (χ0v) is 17.5. The van der Waals surface area contributed by atoms with Gasteiger partial charge < -0.3 is 39.6 Å². The van der Waals surface area contributed by atoms with E-state index in [2.05, 4.69) is 23.6 Å². The minimum Gasteiger partial charge on any atom is -0.369 e. The monoisotopic (exact) mass is 479 g/mol. The van der Waals surface area contributed by atoms with Crippen LogP contribution in [-0.2, 0) is 33.6 Å². The summed E-state index contributed by atoms with van der Waals surface area (Å²) in [4.78, 5) is 46.4. The van der Waals surface area contributed by atoms with Crippen LogP contribution in [0.15, 0.2) is 6.33 Å². The number of nitrogens with zero attached hydrogens (tertiary/aromatic N) is 3. The number of nitrogens with two attached hydrogens (primary N) is 1. The van der Waals surface area contributed by atoms with Crippen LogP contribution in [0.5, 0.6) is 0 Å². The van der Waals surface area contributed by atoms with E-state index in [1.165, 1.54) is 17.8 Å². The molecule has 0 saturated heterocycles. The van der Waals surface area contributed by atoms with Crippen molar-refractivity contribution >= 4 is 52.6 Å². The lowest BCUT2D eigenvalue weighted by molar-refractivity contribution is 0.0757. The van der Waals surface area contributed by atoms with Crippen LogP contribution in [0.4, 0.5) is 5.95 Å². The number of nitrogen functional groups attached to an aromatic ring is 1. The Morgan fingerprint density at radius 3 is 2.54 bits per heavy atom. The molecule has 0 aliphatic carbocycles. The Balaban J connectivity index is 2.01. The zero-order chi connectivity index (χ0) is 21.3. The van der Waals surface area contributed by atoms with Crippen molar-refractivity contribution in [3.05, 3.63) is 11.0 Å². The fourth-order valence-electron chi connectivity index (χ4n) is 1.99. The fraction of sp³-hybridized carbons (Fsp3) is 0.444. The smallest absolute Gasteiger partial charge is 0.369 e. The van der Waals surface area contributed by atoms with Gasteiger partial charge in [0, 0.05) is 0 Å². The number of hydrogen-bond acceptors (Lipinski definition) is 10. The predicted octanol–water partition coefficient (Wildman–Crippen LogP) is 0.845. The minimum absolute atomic E-state index is 0.0600. The van der Waals surface area contributed by atoms with Crippen LogP contribution in [0.25, 0.3) is 11.2 Å². The summed E-state index contributed by atoms with van der Waals surface area (Å²) in [5, 5.41) is 0. The molecule has 15 nitrogen and oxygen atoms in total. The Labute approximate surface area is 161 Å². The van der Waals surface area contributed by atoms with Crippen molar-refractivity contribution in [2.45, 2.75) is 19.6 Å². The fourth-order valence-corrected chi connectivity index (χ4v) is 5.62. The van der Waals surface area contributed by atoms with Gasteiger partial charge in [-0.05, 0) is 6.92 Å². The maximum Gasteiger partial charge on any atom is 0.488 e. The number of anilines is 1. The van der Waals surface area contributed by atoms with Crippen molar-refractivity contribution in [3.63, 3.8) is 0 Å². The topological polar surface area (TPSA) is 232 Å². The number of aromatic amines is 1. The lowest BCUT2D eigenvalue weighted by atomic mass is 10.4. The van der Waals surface area contributed by atoms with Crippen molar-refractivity contribution in [1.82, 2.24) is 19.5 Å². The lowest BCUT2D eigenvalue weighted by Gasteiger charge is -2.19. The third kappa shape index (κ3) is 6.79. The first-order chi connectivity index (χ1) is 12.7. The second kappa shape index (κ2) is 8.38. The molecule has 0 amide bonds. The first-order valence-corrected chi connectivity index (χ1v) is 12.3. The van der Waals surface area contributed by atoms with E-state index in [-0.39, 0.29) is 17.1 Å². The third-order valence-corrected chi connectivity index (χ3v) is 7.20. The first kappa shape index (κ1) is 23.3. The van der Waals surface area contributed by atoms with Crippen LogP contribution in [0.3, 0.4) is 0 Å². The van der Waals surface area contributed by atoms with Gasteiger partial charge in [-0.15, -0.1) is 0 Å². The van der Waals surface area contributed by atoms with Crippen LogP contribution >= 0.6 is 35.5 Å². The normalized spacial score (nSPS) is 17.9. The summed E-state index contributed by atoms with van der Waals surface area (Å²) in [6.07, 6.45) is -0.417. The molecule has 158 valence electrons. The molecule has 19 heteroatoms. The van der Waals surface area contributed by atoms with Crippen LogP contribution < -0.4 is 5.73 Å². The van der Waals surface area contributed by atoms with Crippen LogP contribution in [0, 0.1) is 4.64 Å². The highest BCUT2D eigenvalue weighted by Gasteiger charge is 2.39. The van der Waals surface area contributed by atoms with Crippen LogP contribution in [0.1, 0.15) is 6.92 Å². The standard InChI is InChI=1S/C9H16N5O10P3S/c1-5(2-14-3-11-6-7(14)12-9(10)13-8(6)28)22-4-25(15,16)23-27(20,21)24-26(17,18)19/h3,5H,2,4H2,1H3,(H,15,16)(H,20,21)(H2,17,18,19)(H3,10,12,13,28)/t5-/m0/s1. The number of imidazole rings is 1. The molecule has 2 unspecified atom stereocenters. The molecule has 0 saturated carbocycles. The van der Waals surface area contributed by atoms with Gasteiger partial charge in [-0.3, -0.25) is 4.57 Å². The average molecular weight is 479 g/mol. The number of ether oxygens (including phenoxy) is 1. The van der Waals surface area contributed by atoms with Gasteiger partial charge in [0.1, 0.15) is 16.5 Å². The van der Waals surface area contributed by atoms with Crippen molar-refractivity contribution in [2.75, 3.05) is 12.1 Å². The number of nitrogens with one attached hydrogen (secondary N) is 1. The Hall–Kier alpha value is -1.02. The van der Waals surface area contributed by atoms with Crippen molar-refractivity contribution in [3.8, 4) is 0 Å². The van der Waals surface area contributed by atoms with Gasteiger partial charge in [0.25, 0.3) is 0 Å². The second-order valence-electron chi connectivity index (χ2n) is 5.39. The molecule has 0 radical (unpaired) electrons. The summed E-state index contributed by atoms with van der Waals surface area (Å²) in [5.74, 6) is 0.0600. The van der Waals surface area contributed by atoms with E-state index in [0.717, 1.165) is 0 Å². The van der Waals surface area contributed by atoms with Gasteiger partial charge in [0.2, 0.25) is 5.95 Å². The van der Waals surface area contributed by atoms with Crippen LogP contribution in [-0.4, -0.2) is 51.5 Å². The summed E-state index contributed by atoms with van der Waals surface area (Å²) in [6.45, 7) is 1.58. The summed E-state index contributed by atoms with van der Waals surface area (Å²) in [7, 11) is -15.8. The van der Waals surface area contributed by atoms with E-state index in [9.17, 15) is 18.6 Å². The molecule has 0 fully saturated rings. The molecular formula is C9H16N5O10P3S. The zero-order valence-electron chi connectivity index (χ0n) is 14.0. The number of rotatable bonds is 9. The summed E-state index contributed by atoms with van der Waals surface area (Å²) >= 11 is 5.07. The Morgan fingerprint density at radius 1 is 1.29 bits per heavy atom. The number of fused-ring (bicyclic) bond motifs is 1. The maximum atomic E-state index is 11.8. The molecule has 0 bridgehead atoms. The summed E-state index contributed by atoms with van der Waals surface area (Å²) < 4.78 is 47.9. The minimum atomic E-state index is -5.51. The van der Waals surface area contributed by atoms with Gasteiger partial charge in [-0.25, -0.2) is 18.4 Å². The molecule has 3 atom stereocenters. The highest BCUT2D eigenvalue weighted by molar-refractivity contribution is 7.71. The predicted molar refractivity (Wildman–Crippen MR) is 96.4 cm³/mol. The van der Waals surface area contributed by atoms with Gasteiger partial charge in [0.15, 0.2) is 5.65 Å². The molecule has 0 aliphatic rings. The number of aromatic nitrogens is 4. The Morgan fingerprint density at radius 2 is 1.93 bits per heavy atom. The third-order valence-electron chi connectivity index (χ3n) is 2.91. The lowest BCUT2D eigenvalue weighted by Crippen LogP contribution is -2.17. The van der Waals surface area contributed by atoms with Crippen molar-refractivity contribution < 1.29 is 46.6 Å². The largest absolute Gasteiger partial charge is 0.488 e. The maximum absolute atomic E-state index is 11.8. The van der Waals surface area contributed by atoms with E-state index in [4.69, 9.17) is 37.4 Å². The molecule has 2 heterocycles. The molecule has 0 aromatic carbocycles. The van der Waals surface area contributed by atoms with Crippen molar-refractivity contribution in [2.24, 2.45) is 0 Å². The van der Waals surface area contributed by atoms with Crippen molar-refractivity contribution in [1.29, 1.82) is 0 Å². The highest BCUT2D eigenvalue weighted by Crippen LogP contribution is 2.65. The quantitative estimate of drug-likeness (QED) is 0.216. The van der Waals surface area contributed by atoms with Gasteiger partial charge in [-0.2, -0.15) is 9.29 Å². The van der Waals surface area contributed by atoms with E-state index < -0.39 is 35.7 Å². The molecule has 0 aliphatic heterocycles. The molecule has 2 aromatic heterocycles. The Bertz CT molecular complexity index is 1060. The van der Waals surface area contributed by atoms with Gasteiger partial charge in [-0.1, -0.05) is 12.2 Å². The molecule has 2 rings (SSSR count). The summed E-state index contributed by atoms with van der Waals surface area (Å²) in [6, 6.07) is 0. The second-order valence-corrected chi connectivity index (χ2v) is 10.6. The molecular weight excluding hydrogens is 463 g/mol. The number of H-pyrrole nitrogens is 1. The Kier molecular flexibility index (Phi) is 6.96. The number of hydrogen-bond donors (Lipinski definition) is 6.